The number of hydrogen-bond donors (Lipinski definition) is 1. The van der Waals surface area contributed by atoms with E-state index in [0.29, 0.717) is 12.1 Å². The molecule has 2 rings (SSSR count). The zero-order valence-corrected chi connectivity index (χ0v) is 13.6. The number of piperazine rings is 1. The first-order valence-corrected chi connectivity index (χ1v) is 8.24. The van der Waals surface area contributed by atoms with Crippen molar-refractivity contribution >= 4 is 15.9 Å². The lowest BCUT2D eigenvalue weighted by molar-refractivity contribution is 0.115. The van der Waals surface area contributed by atoms with E-state index in [-0.39, 0.29) is 0 Å². The van der Waals surface area contributed by atoms with E-state index in [2.05, 4.69) is 64.3 Å². The Kier molecular flexibility index (Phi) is 5.86. The SMILES string of the molecule is CCCC1CN(Cc2ccccc2Br)C(CC)CN1. The Morgan fingerprint density at radius 3 is 2.79 bits per heavy atom. The van der Waals surface area contributed by atoms with Crippen molar-refractivity contribution in [3.63, 3.8) is 0 Å². The Bertz CT molecular complexity index is 394. The summed E-state index contributed by atoms with van der Waals surface area (Å²) < 4.78 is 1.23. The van der Waals surface area contributed by atoms with Gasteiger partial charge in [0.1, 0.15) is 0 Å². The van der Waals surface area contributed by atoms with Gasteiger partial charge in [-0.3, -0.25) is 4.90 Å². The molecular weight excluding hydrogens is 300 g/mol. The van der Waals surface area contributed by atoms with Crippen molar-refractivity contribution in [3.05, 3.63) is 34.3 Å². The van der Waals surface area contributed by atoms with Gasteiger partial charge < -0.3 is 5.32 Å². The summed E-state index contributed by atoms with van der Waals surface area (Å²) in [5.41, 5.74) is 1.40. The zero-order valence-electron chi connectivity index (χ0n) is 12.0. The fourth-order valence-corrected chi connectivity index (χ4v) is 3.32. The third-order valence-electron chi connectivity index (χ3n) is 4.05. The Hall–Kier alpha value is -0.380. The van der Waals surface area contributed by atoms with E-state index in [1.165, 1.54) is 35.8 Å². The van der Waals surface area contributed by atoms with Crippen LogP contribution in [0.5, 0.6) is 0 Å². The van der Waals surface area contributed by atoms with Crippen molar-refractivity contribution in [2.45, 2.75) is 51.7 Å². The first-order valence-electron chi connectivity index (χ1n) is 7.45. The molecule has 2 unspecified atom stereocenters. The minimum Gasteiger partial charge on any atom is -0.311 e. The molecule has 3 heteroatoms. The number of nitrogens with one attached hydrogen (secondary N) is 1. The number of rotatable bonds is 5. The molecule has 1 N–H and O–H groups in total. The molecule has 1 aromatic rings. The van der Waals surface area contributed by atoms with E-state index in [0.717, 1.165) is 13.1 Å². The number of halogens is 1. The molecule has 1 fully saturated rings. The maximum Gasteiger partial charge on any atom is 0.0249 e. The third kappa shape index (κ3) is 4.04. The highest BCUT2D eigenvalue weighted by Crippen LogP contribution is 2.21. The van der Waals surface area contributed by atoms with Crippen LogP contribution in [0.4, 0.5) is 0 Å². The lowest BCUT2D eigenvalue weighted by atomic mass is 10.0. The largest absolute Gasteiger partial charge is 0.311 e. The van der Waals surface area contributed by atoms with Crippen molar-refractivity contribution in [1.82, 2.24) is 10.2 Å². The van der Waals surface area contributed by atoms with Crippen LogP contribution in [0.2, 0.25) is 0 Å². The van der Waals surface area contributed by atoms with Gasteiger partial charge in [-0.15, -0.1) is 0 Å². The van der Waals surface area contributed by atoms with Crippen LogP contribution in [0.25, 0.3) is 0 Å². The minimum absolute atomic E-state index is 0.662. The minimum atomic E-state index is 0.662. The molecule has 106 valence electrons. The van der Waals surface area contributed by atoms with E-state index in [1.54, 1.807) is 0 Å². The van der Waals surface area contributed by atoms with Gasteiger partial charge in [0.15, 0.2) is 0 Å². The van der Waals surface area contributed by atoms with E-state index in [4.69, 9.17) is 0 Å². The van der Waals surface area contributed by atoms with Gasteiger partial charge in [-0.05, 0) is 24.5 Å². The lowest BCUT2D eigenvalue weighted by Crippen LogP contribution is -2.55. The normalized spacial score (nSPS) is 24.6. The summed E-state index contributed by atoms with van der Waals surface area (Å²) in [4.78, 5) is 2.65. The highest BCUT2D eigenvalue weighted by atomic mass is 79.9. The lowest BCUT2D eigenvalue weighted by Gasteiger charge is -2.40. The Labute approximate surface area is 125 Å². The maximum atomic E-state index is 3.70. The molecule has 2 nitrogen and oxygen atoms in total. The summed E-state index contributed by atoms with van der Waals surface area (Å²) in [5.74, 6) is 0. The van der Waals surface area contributed by atoms with Gasteiger partial charge >= 0.3 is 0 Å². The molecule has 19 heavy (non-hydrogen) atoms. The van der Waals surface area contributed by atoms with Crippen molar-refractivity contribution in [3.8, 4) is 0 Å². The predicted octanol–water partition coefficient (Wildman–Crippen LogP) is 3.80. The summed E-state index contributed by atoms with van der Waals surface area (Å²) in [6.45, 7) is 7.92. The van der Waals surface area contributed by atoms with Crippen LogP contribution in [0, 0.1) is 0 Å². The van der Waals surface area contributed by atoms with Crippen LogP contribution in [-0.4, -0.2) is 30.1 Å². The molecule has 0 amide bonds. The molecule has 0 spiro atoms. The molecule has 1 aromatic carbocycles. The average molecular weight is 325 g/mol. The van der Waals surface area contributed by atoms with Crippen molar-refractivity contribution in [2.75, 3.05) is 13.1 Å². The first kappa shape index (κ1) is 15.0. The highest BCUT2D eigenvalue weighted by molar-refractivity contribution is 9.10. The van der Waals surface area contributed by atoms with E-state index in [9.17, 15) is 0 Å². The van der Waals surface area contributed by atoms with Crippen LogP contribution in [0.3, 0.4) is 0 Å². The molecule has 0 radical (unpaired) electrons. The summed E-state index contributed by atoms with van der Waals surface area (Å²) in [5, 5.41) is 3.70. The van der Waals surface area contributed by atoms with Crippen molar-refractivity contribution in [1.29, 1.82) is 0 Å². The molecule has 1 aliphatic rings. The second kappa shape index (κ2) is 7.41. The van der Waals surface area contributed by atoms with Gasteiger partial charge in [0.05, 0.1) is 0 Å². The molecular formula is C16H25BrN2. The first-order chi connectivity index (χ1) is 9.24. The monoisotopic (exact) mass is 324 g/mol. The standard InChI is InChI=1S/C16H25BrN2/c1-3-7-14-12-19(15(4-2)10-18-14)11-13-8-5-6-9-16(13)17/h5-6,8-9,14-15,18H,3-4,7,10-12H2,1-2H3. The smallest absolute Gasteiger partial charge is 0.0249 e. The Morgan fingerprint density at radius 1 is 1.32 bits per heavy atom. The van der Waals surface area contributed by atoms with Crippen LogP contribution in [0.1, 0.15) is 38.7 Å². The quantitative estimate of drug-likeness (QED) is 0.886. The van der Waals surface area contributed by atoms with Gasteiger partial charge in [-0.25, -0.2) is 0 Å². The van der Waals surface area contributed by atoms with Crippen molar-refractivity contribution in [2.24, 2.45) is 0 Å². The van der Waals surface area contributed by atoms with Gasteiger partial charge in [0, 0.05) is 36.2 Å². The topological polar surface area (TPSA) is 15.3 Å². The molecule has 0 saturated carbocycles. The number of hydrogen-bond acceptors (Lipinski definition) is 2. The second-order valence-electron chi connectivity index (χ2n) is 5.48. The number of nitrogens with zero attached hydrogens (tertiary/aromatic N) is 1. The second-order valence-corrected chi connectivity index (χ2v) is 6.33. The predicted molar refractivity (Wildman–Crippen MR) is 85.3 cm³/mol. The van der Waals surface area contributed by atoms with Crippen LogP contribution in [-0.2, 0) is 6.54 Å². The fraction of sp³-hybridized carbons (Fsp3) is 0.625. The molecule has 0 bridgehead atoms. The Balaban J connectivity index is 2.04. The van der Waals surface area contributed by atoms with Gasteiger partial charge in [0.25, 0.3) is 0 Å². The van der Waals surface area contributed by atoms with Gasteiger partial charge in [0.2, 0.25) is 0 Å². The van der Waals surface area contributed by atoms with Gasteiger partial charge in [-0.2, -0.15) is 0 Å². The average Bonchev–Trinajstić information content (AvgIpc) is 2.42. The fourth-order valence-electron chi connectivity index (χ4n) is 2.91. The molecule has 0 aromatic heterocycles. The highest BCUT2D eigenvalue weighted by Gasteiger charge is 2.26. The van der Waals surface area contributed by atoms with E-state index < -0.39 is 0 Å². The van der Waals surface area contributed by atoms with Crippen LogP contribution < -0.4 is 5.32 Å². The Morgan fingerprint density at radius 2 is 2.11 bits per heavy atom. The summed E-state index contributed by atoms with van der Waals surface area (Å²) in [6, 6.07) is 9.92. The number of benzene rings is 1. The summed E-state index contributed by atoms with van der Waals surface area (Å²) in [7, 11) is 0. The van der Waals surface area contributed by atoms with E-state index in [1.807, 2.05) is 0 Å². The van der Waals surface area contributed by atoms with E-state index >= 15 is 0 Å². The molecule has 1 aliphatic heterocycles. The summed E-state index contributed by atoms with van der Waals surface area (Å²) >= 11 is 3.67. The third-order valence-corrected chi connectivity index (χ3v) is 4.83. The molecule has 2 atom stereocenters. The molecule has 1 saturated heterocycles. The zero-order chi connectivity index (χ0) is 13.7. The van der Waals surface area contributed by atoms with Crippen LogP contribution in [0.15, 0.2) is 28.7 Å². The molecule has 1 heterocycles. The van der Waals surface area contributed by atoms with Gasteiger partial charge in [-0.1, -0.05) is 54.4 Å². The molecule has 0 aliphatic carbocycles. The summed E-state index contributed by atoms with van der Waals surface area (Å²) in [6.07, 6.45) is 3.76. The van der Waals surface area contributed by atoms with Crippen LogP contribution >= 0.6 is 15.9 Å². The maximum absolute atomic E-state index is 3.70. The van der Waals surface area contributed by atoms with Crippen molar-refractivity contribution < 1.29 is 0 Å².